The number of esters is 1. The summed E-state index contributed by atoms with van der Waals surface area (Å²) in [4.78, 5) is 11.0. The van der Waals surface area contributed by atoms with Gasteiger partial charge in [-0.15, -0.1) is 0 Å². The molecule has 2 unspecified atom stereocenters. The average molecular weight is 204 g/mol. The first kappa shape index (κ1) is 10.9. The molecule has 0 aromatic carbocycles. The minimum Gasteiger partial charge on any atom is -0.469 e. The molecule has 0 aromatic heterocycles. The standard InChI is InChI=1S/C9H16O3S/c1-12-9(11)6-7-2-4-13-5-3-8(7)10/h7-8,10H,2-6H2,1H3. The molecule has 4 heteroatoms. The van der Waals surface area contributed by atoms with Gasteiger partial charge in [-0.2, -0.15) is 11.8 Å². The van der Waals surface area contributed by atoms with Crippen molar-refractivity contribution < 1.29 is 14.6 Å². The zero-order valence-corrected chi connectivity index (χ0v) is 8.68. The maximum Gasteiger partial charge on any atom is 0.305 e. The van der Waals surface area contributed by atoms with Gasteiger partial charge in [0.05, 0.1) is 19.6 Å². The van der Waals surface area contributed by atoms with Gasteiger partial charge < -0.3 is 9.84 Å². The van der Waals surface area contributed by atoms with Gasteiger partial charge in [-0.05, 0) is 30.3 Å². The van der Waals surface area contributed by atoms with E-state index in [1.165, 1.54) is 7.11 Å². The van der Waals surface area contributed by atoms with Gasteiger partial charge >= 0.3 is 5.97 Å². The van der Waals surface area contributed by atoms with Crippen LogP contribution in [0.25, 0.3) is 0 Å². The molecule has 0 radical (unpaired) electrons. The molecule has 1 heterocycles. The van der Waals surface area contributed by atoms with E-state index in [-0.39, 0.29) is 18.0 Å². The predicted octanol–water partition coefficient (Wildman–Crippen LogP) is 1.05. The molecule has 0 aromatic rings. The molecule has 76 valence electrons. The van der Waals surface area contributed by atoms with E-state index in [9.17, 15) is 9.90 Å². The number of thioether (sulfide) groups is 1. The van der Waals surface area contributed by atoms with Crippen molar-refractivity contribution >= 4 is 17.7 Å². The number of hydrogen-bond donors (Lipinski definition) is 1. The van der Waals surface area contributed by atoms with Crippen LogP contribution in [-0.2, 0) is 9.53 Å². The second kappa shape index (κ2) is 5.50. The SMILES string of the molecule is COC(=O)CC1CCSCCC1O. The van der Waals surface area contributed by atoms with Gasteiger partial charge in [-0.1, -0.05) is 0 Å². The van der Waals surface area contributed by atoms with E-state index in [0.29, 0.717) is 6.42 Å². The zero-order chi connectivity index (χ0) is 9.68. The Morgan fingerprint density at radius 1 is 1.54 bits per heavy atom. The maximum absolute atomic E-state index is 11.0. The Bertz CT molecular complexity index is 172. The lowest BCUT2D eigenvalue weighted by molar-refractivity contribution is -0.142. The molecule has 0 amide bonds. The second-order valence-electron chi connectivity index (χ2n) is 3.30. The van der Waals surface area contributed by atoms with Crippen molar-refractivity contribution in [2.45, 2.75) is 25.4 Å². The molecule has 0 bridgehead atoms. The molecule has 1 N–H and O–H groups in total. The number of ether oxygens (including phenoxy) is 1. The lowest BCUT2D eigenvalue weighted by Gasteiger charge is -2.18. The molecule has 13 heavy (non-hydrogen) atoms. The van der Waals surface area contributed by atoms with E-state index < -0.39 is 0 Å². The first-order valence-electron chi connectivity index (χ1n) is 4.56. The topological polar surface area (TPSA) is 46.5 Å². The highest BCUT2D eigenvalue weighted by molar-refractivity contribution is 7.99. The van der Waals surface area contributed by atoms with Crippen molar-refractivity contribution in [2.75, 3.05) is 18.6 Å². The summed E-state index contributed by atoms with van der Waals surface area (Å²) in [7, 11) is 1.39. The first-order valence-corrected chi connectivity index (χ1v) is 5.72. The third-order valence-electron chi connectivity index (χ3n) is 2.39. The molecule has 1 aliphatic rings. The number of carbonyl (C=O) groups is 1. The predicted molar refractivity (Wildman–Crippen MR) is 52.7 cm³/mol. The van der Waals surface area contributed by atoms with Crippen LogP contribution in [0.5, 0.6) is 0 Å². The van der Waals surface area contributed by atoms with Crippen molar-refractivity contribution in [2.24, 2.45) is 5.92 Å². The highest BCUT2D eigenvalue weighted by Gasteiger charge is 2.24. The molecule has 1 fully saturated rings. The Morgan fingerprint density at radius 3 is 2.92 bits per heavy atom. The van der Waals surface area contributed by atoms with E-state index in [1.807, 2.05) is 11.8 Å². The summed E-state index contributed by atoms with van der Waals surface area (Å²) in [5, 5.41) is 9.67. The monoisotopic (exact) mass is 204 g/mol. The molecule has 0 aliphatic carbocycles. The van der Waals surface area contributed by atoms with Gasteiger partial charge in [-0.25, -0.2) is 0 Å². The van der Waals surface area contributed by atoms with Crippen LogP contribution in [0, 0.1) is 5.92 Å². The quantitative estimate of drug-likeness (QED) is 0.683. The summed E-state index contributed by atoms with van der Waals surface area (Å²) in [6, 6.07) is 0. The van der Waals surface area contributed by atoms with Crippen LogP contribution >= 0.6 is 11.8 Å². The lowest BCUT2D eigenvalue weighted by atomic mass is 9.94. The van der Waals surface area contributed by atoms with Crippen molar-refractivity contribution in [1.29, 1.82) is 0 Å². The lowest BCUT2D eigenvalue weighted by Crippen LogP contribution is -2.23. The zero-order valence-electron chi connectivity index (χ0n) is 7.86. The van der Waals surface area contributed by atoms with Crippen LogP contribution in [0.4, 0.5) is 0 Å². The highest BCUT2D eigenvalue weighted by atomic mass is 32.2. The van der Waals surface area contributed by atoms with Gasteiger partial charge in [-0.3, -0.25) is 4.79 Å². The smallest absolute Gasteiger partial charge is 0.305 e. The van der Waals surface area contributed by atoms with Crippen LogP contribution in [0.1, 0.15) is 19.3 Å². The molecular formula is C9H16O3S. The number of rotatable bonds is 2. The van der Waals surface area contributed by atoms with Gasteiger partial charge in [0.15, 0.2) is 0 Å². The summed E-state index contributed by atoms with van der Waals surface area (Å²) in [6.07, 6.45) is 1.75. The van der Waals surface area contributed by atoms with E-state index in [4.69, 9.17) is 0 Å². The molecule has 2 atom stereocenters. The molecule has 0 saturated carbocycles. The first-order chi connectivity index (χ1) is 6.24. The molecule has 1 aliphatic heterocycles. The molecule has 1 rings (SSSR count). The van der Waals surface area contributed by atoms with Crippen LogP contribution in [0.3, 0.4) is 0 Å². The average Bonchev–Trinajstić information content (AvgIpc) is 2.32. The molecule has 3 nitrogen and oxygen atoms in total. The second-order valence-corrected chi connectivity index (χ2v) is 4.52. The fourth-order valence-corrected chi connectivity index (χ4v) is 2.59. The number of aliphatic hydroxyl groups is 1. The Labute approximate surface area is 82.8 Å². The molecule has 1 saturated heterocycles. The summed E-state index contributed by atoms with van der Waals surface area (Å²) in [5.41, 5.74) is 0. The molecular weight excluding hydrogens is 188 g/mol. The third-order valence-corrected chi connectivity index (χ3v) is 3.44. The summed E-state index contributed by atoms with van der Waals surface area (Å²) >= 11 is 1.85. The van der Waals surface area contributed by atoms with E-state index in [0.717, 1.165) is 24.3 Å². The van der Waals surface area contributed by atoms with Crippen molar-refractivity contribution in [3.8, 4) is 0 Å². The largest absolute Gasteiger partial charge is 0.469 e. The Balaban J connectivity index is 2.40. The van der Waals surface area contributed by atoms with Crippen molar-refractivity contribution in [3.63, 3.8) is 0 Å². The van der Waals surface area contributed by atoms with Crippen LogP contribution in [-0.4, -0.2) is 35.8 Å². The Hall–Kier alpha value is -0.220. The molecule has 0 spiro atoms. The van der Waals surface area contributed by atoms with E-state index in [2.05, 4.69) is 4.74 Å². The Kier molecular flexibility index (Phi) is 4.59. The summed E-state index contributed by atoms with van der Waals surface area (Å²) in [6.45, 7) is 0. The van der Waals surface area contributed by atoms with Crippen LogP contribution < -0.4 is 0 Å². The van der Waals surface area contributed by atoms with Crippen molar-refractivity contribution in [3.05, 3.63) is 0 Å². The van der Waals surface area contributed by atoms with Gasteiger partial charge in [0.2, 0.25) is 0 Å². The Morgan fingerprint density at radius 2 is 2.23 bits per heavy atom. The number of carbonyl (C=O) groups excluding carboxylic acids is 1. The minimum absolute atomic E-state index is 0.0995. The van der Waals surface area contributed by atoms with Gasteiger partial charge in [0.1, 0.15) is 0 Å². The fraction of sp³-hybridized carbons (Fsp3) is 0.889. The maximum atomic E-state index is 11.0. The highest BCUT2D eigenvalue weighted by Crippen LogP contribution is 2.25. The fourth-order valence-electron chi connectivity index (χ4n) is 1.50. The van der Waals surface area contributed by atoms with E-state index >= 15 is 0 Å². The van der Waals surface area contributed by atoms with Gasteiger partial charge in [0, 0.05) is 0 Å². The normalized spacial score (nSPS) is 29.4. The van der Waals surface area contributed by atoms with Gasteiger partial charge in [0.25, 0.3) is 0 Å². The number of hydrogen-bond acceptors (Lipinski definition) is 4. The van der Waals surface area contributed by atoms with Crippen LogP contribution in [0.2, 0.25) is 0 Å². The summed E-state index contributed by atoms with van der Waals surface area (Å²) < 4.78 is 4.59. The minimum atomic E-state index is -0.325. The van der Waals surface area contributed by atoms with Crippen LogP contribution in [0.15, 0.2) is 0 Å². The van der Waals surface area contributed by atoms with Crippen molar-refractivity contribution in [1.82, 2.24) is 0 Å². The number of aliphatic hydroxyl groups excluding tert-OH is 1. The number of methoxy groups -OCH3 is 1. The third kappa shape index (κ3) is 3.56. The van der Waals surface area contributed by atoms with E-state index in [1.54, 1.807) is 0 Å². The summed E-state index contributed by atoms with van der Waals surface area (Å²) in [5.74, 6) is 1.93.